The zero-order valence-electron chi connectivity index (χ0n) is 13.9. The van der Waals surface area contributed by atoms with E-state index in [4.69, 9.17) is 5.26 Å². The molecule has 2 aromatic carbocycles. The Balaban J connectivity index is 1.76. The van der Waals surface area contributed by atoms with Crippen LogP contribution in [-0.2, 0) is 0 Å². The number of pyridine rings is 1. The van der Waals surface area contributed by atoms with Crippen LogP contribution in [-0.4, -0.2) is 16.8 Å². The number of nitriles is 1. The number of anilines is 2. The van der Waals surface area contributed by atoms with E-state index in [0.29, 0.717) is 16.9 Å². The zero-order valence-corrected chi connectivity index (χ0v) is 13.9. The van der Waals surface area contributed by atoms with E-state index < -0.39 is 17.6 Å². The zero-order chi connectivity index (χ0) is 19.2. The molecule has 3 aromatic rings. The number of nitrogens with zero attached hydrogens (tertiary/aromatic N) is 2. The Bertz CT molecular complexity index is 1040. The van der Waals surface area contributed by atoms with Crippen molar-refractivity contribution in [2.75, 3.05) is 10.6 Å². The summed E-state index contributed by atoms with van der Waals surface area (Å²) < 4.78 is 12.9. The van der Waals surface area contributed by atoms with Crippen LogP contribution in [0.3, 0.4) is 0 Å². The lowest BCUT2D eigenvalue weighted by molar-refractivity contribution is 0.102. The van der Waals surface area contributed by atoms with E-state index in [1.54, 1.807) is 24.3 Å². The molecule has 0 aliphatic heterocycles. The van der Waals surface area contributed by atoms with Crippen LogP contribution >= 0.6 is 0 Å². The van der Waals surface area contributed by atoms with E-state index in [-0.39, 0.29) is 11.3 Å². The SMILES string of the molecule is N#Cc1ccccc1NC(=O)c1ccnc(C(=O)Nc2ccc(F)cc2)c1. The van der Waals surface area contributed by atoms with E-state index in [1.165, 1.54) is 42.6 Å². The van der Waals surface area contributed by atoms with Crippen LogP contribution in [0.15, 0.2) is 66.9 Å². The lowest BCUT2D eigenvalue weighted by Crippen LogP contribution is -2.17. The second-order valence-corrected chi connectivity index (χ2v) is 5.50. The number of benzene rings is 2. The fourth-order valence-corrected chi connectivity index (χ4v) is 2.31. The Morgan fingerprint density at radius 1 is 0.963 bits per heavy atom. The average Bonchev–Trinajstić information content (AvgIpc) is 2.70. The topological polar surface area (TPSA) is 94.9 Å². The lowest BCUT2D eigenvalue weighted by Gasteiger charge is -2.08. The molecule has 0 saturated heterocycles. The standard InChI is InChI=1S/C20H13FN4O2/c21-15-5-7-16(8-6-15)24-20(27)18-11-13(9-10-23-18)19(26)25-17-4-2-1-3-14(17)12-22/h1-11H,(H,24,27)(H,25,26). The summed E-state index contributed by atoms with van der Waals surface area (Å²) in [6, 6.07) is 16.7. The van der Waals surface area contributed by atoms with Gasteiger partial charge in [-0.25, -0.2) is 4.39 Å². The molecule has 2 N–H and O–H groups in total. The molecule has 7 heteroatoms. The average molecular weight is 360 g/mol. The highest BCUT2D eigenvalue weighted by atomic mass is 19.1. The van der Waals surface area contributed by atoms with E-state index in [9.17, 15) is 14.0 Å². The van der Waals surface area contributed by atoms with E-state index in [0.717, 1.165) is 0 Å². The molecule has 0 fully saturated rings. The molecule has 1 aromatic heterocycles. The predicted molar refractivity (Wildman–Crippen MR) is 97.7 cm³/mol. The van der Waals surface area contributed by atoms with E-state index >= 15 is 0 Å². The monoisotopic (exact) mass is 360 g/mol. The first kappa shape index (κ1) is 17.8. The van der Waals surface area contributed by atoms with Gasteiger partial charge in [0, 0.05) is 17.4 Å². The minimum Gasteiger partial charge on any atom is -0.321 e. The Labute approximate surface area is 154 Å². The molecular weight excluding hydrogens is 347 g/mol. The van der Waals surface area contributed by atoms with Crippen LogP contribution in [0, 0.1) is 17.1 Å². The van der Waals surface area contributed by atoms with Crippen LogP contribution in [0.5, 0.6) is 0 Å². The maximum absolute atomic E-state index is 12.9. The number of para-hydroxylation sites is 1. The highest BCUT2D eigenvalue weighted by Gasteiger charge is 2.13. The molecule has 0 unspecified atom stereocenters. The third-order valence-electron chi connectivity index (χ3n) is 3.65. The van der Waals surface area contributed by atoms with Gasteiger partial charge in [-0.1, -0.05) is 12.1 Å². The molecule has 0 spiro atoms. The Hall–Kier alpha value is -4.05. The summed E-state index contributed by atoms with van der Waals surface area (Å²) in [6.07, 6.45) is 1.34. The van der Waals surface area contributed by atoms with Gasteiger partial charge in [0.2, 0.25) is 0 Å². The fraction of sp³-hybridized carbons (Fsp3) is 0. The van der Waals surface area contributed by atoms with E-state index in [1.807, 2.05) is 6.07 Å². The molecule has 0 atom stereocenters. The number of hydrogen-bond donors (Lipinski definition) is 2. The molecule has 0 aliphatic rings. The minimum atomic E-state index is -0.534. The molecule has 1 heterocycles. The molecule has 0 saturated carbocycles. The van der Waals surface area contributed by atoms with E-state index in [2.05, 4.69) is 15.6 Å². The quantitative estimate of drug-likeness (QED) is 0.743. The predicted octanol–water partition coefficient (Wildman–Crippen LogP) is 3.60. The Kier molecular flexibility index (Phi) is 5.19. The van der Waals surface area contributed by atoms with Crippen molar-refractivity contribution in [2.24, 2.45) is 0 Å². The van der Waals surface area contributed by atoms with Gasteiger partial charge in [0.15, 0.2) is 0 Å². The number of rotatable bonds is 4. The summed E-state index contributed by atoms with van der Waals surface area (Å²) in [6.45, 7) is 0. The van der Waals surface area contributed by atoms with Gasteiger partial charge in [-0.15, -0.1) is 0 Å². The minimum absolute atomic E-state index is 0.0283. The van der Waals surface area contributed by atoms with Crippen molar-refractivity contribution in [2.45, 2.75) is 0 Å². The second-order valence-electron chi connectivity index (χ2n) is 5.50. The summed E-state index contributed by atoms with van der Waals surface area (Å²) in [4.78, 5) is 28.7. The van der Waals surface area contributed by atoms with Crippen molar-refractivity contribution < 1.29 is 14.0 Å². The largest absolute Gasteiger partial charge is 0.321 e. The first-order valence-electron chi connectivity index (χ1n) is 7.90. The van der Waals surface area contributed by atoms with Gasteiger partial charge in [0.1, 0.15) is 17.6 Å². The molecule has 2 amide bonds. The molecule has 6 nitrogen and oxygen atoms in total. The number of carbonyl (C=O) groups excluding carboxylic acids is 2. The van der Waals surface area contributed by atoms with Gasteiger partial charge in [0.25, 0.3) is 11.8 Å². The van der Waals surface area contributed by atoms with Crippen LogP contribution in [0.2, 0.25) is 0 Å². The number of nitrogens with one attached hydrogen (secondary N) is 2. The molecule has 3 rings (SSSR count). The van der Waals surface area contributed by atoms with Crippen molar-refractivity contribution in [1.29, 1.82) is 5.26 Å². The van der Waals surface area contributed by atoms with Crippen LogP contribution in [0.4, 0.5) is 15.8 Å². The highest BCUT2D eigenvalue weighted by molar-refractivity contribution is 6.08. The number of amides is 2. The van der Waals surface area contributed by atoms with Gasteiger partial charge < -0.3 is 10.6 Å². The third-order valence-corrected chi connectivity index (χ3v) is 3.65. The normalized spacial score (nSPS) is 9.93. The van der Waals surface area contributed by atoms with Crippen molar-refractivity contribution in [1.82, 2.24) is 4.98 Å². The number of aromatic nitrogens is 1. The summed E-state index contributed by atoms with van der Waals surface area (Å²) in [5.41, 5.74) is 1.34. The summed E-state index contributed by atoms with van der Waals surface area (Å²) >= 11 is 0. The number of carbonyl (C=O) groups is 2. The maximum Gasteiger partial charge on any atom is 0.274 e. The smallest absolute Gasteiger partial charge is 0.274 e. The fourth-order valence-electron chi connectivity index (χ4n) is 2.31. The second kappa shape index (κ2) is 7.89. The molecule has 0 bridgehead atoms. The molecule has 27 heavy (non-hydrogen) atoms. The number of halogens is 1. The first-order valence-corrected chi connectivity index (χ1v) is 7.90. The van der Waals surface area contributed by atoms with Gasteiger partial charge in [-0.3, -0.25) is 14.6 Å². The summed E-state index contributed by atoms with van der Waals surface area (Å²) in [5.74, 6) is -1.42. The first-order chi connectivity index (χ1) is 13.1. The van der Waals surface area contributed by atoms with Gasteiger partial charge in [-0.2, -0.15) is 5.26 Å². The molecular formula is C20H13FN4O2. The summed E-state index contributed by atoms with van der Waals surface area (Å²) in [5, 5.41) is 14.3. The van der Waals surface area contributed by atoms with Crippen molar-refractivity contribution in [3.05, 3.63) is 89.5 Å². The Morgan fingerprint density at radius 2 is 1.70 bits per heavy atom. The summed E-state index contributed by atoms with van der Waals surface area (Å²) in [7, 11) is 0. The van der Waals surface area contributed by atoms with Crippen LogP contribution < -0.4 is 10.6 Å². The van der Waals surface area contributed by atoms with Crippen LogP contribution in [0.1, 0.15) is 26.4 Å². The lowest BCUT2D eigenvalue weighted by atomic mass is 10.1. The van der Waals surface area contributed by atoms with Crippen molar-refractivity contribution in [3.8, 4) is 6.07 Å². The molecule has 0 radical (unpaired) electrons. The Morgan fingerprint density at radius 3 is 2.44 bits per heavy atom. The van der Waals surface area contributed by atoms with Gasteiger partial charge >= 0.3 is 0 Å². The number of hydrogen-bond acceptors (Lipinski definition) is 4. The highest BCUT2D eigenvalue weighted by Crippen LogP contribution is 2.16. The van der Waals surface area contributed by atoms with Gasteiger partial charge in [-0.05, 0) is 48.5 Å². The maximum atomic E-state index is 12.9. The molecule has 132 valence electrons. The van der Waals surface area contributed by atoms with Gasteiger partial charge in [0.05, 0.1) is 11.3 Å². The van der Waals surface area contributed by atoms with Crippen molar-refractivity contribution in [3.63, 3.8) is 0 Å². The third kappa shape index (κ3) is 4.32. The molecule has 0 aliphatic carbocycles. The van der Waals surface area contributed by atoms with Crippen LogP contribution in [0.25, 0.3) is 0 Å². The van der Waals surface area contributed by atoms with Crippen molar-refractivity contribution >= 4 is 23.2 Å².